The molecule has 0 spiro atoms. The van der Waals surface area contributed by atoms with Crippen molar-refractivity contribution in [2.75, 3.05) is 89.1 Å². The molecule has 1 aromatic heterocycles. The predicted molar refractivity (Wildman–Crippen MR) is 454 cm³/mol. The molecule has 9 aliphatic rings. The number of pyridine rings is 1. The third-order valence-electron chi connectivity index (χ3n) is 24.8. The van der Waals surface area contributed by atoms with Crippen LogP contribution in [0.1, 0.15) is 126 Å². The normalized spacial score (nSPS) is 34.7. The topological polar surface area (TPSA) is 653 Å². The first-order chi connectivity index (χ1) is 59.8. The number of phenols is 3. The minimum Gasteiger partial charge on any atom is -0.507 e. The number of Topliss-reactive ketones (excluding diaryl/α,β-unsaturated/α-hetero) is 1. The fourth-order valence-electron chi connectivity index (χ4n) is 17.1. The number of esters is 1. The molecule has 2 amide bonds. The number of aliphatic hydroxyl groups excluding tert-OH is 10. The van der Waals surface area contributed by atoms with Gasteiger partial charge >= 0.3 is 17.7 Å². The predicted octanol–water partition coefficient (Wildman–Crippen LogP) is -2.01. The van der Waals surface area contributed by atoms with Gasteiger partial charge in [-0.15, -0.1) is 0 Å². The molecule has 41 nitrogen and oxygen atoms in total. The maximum absolute atomic E-state index is 15.6. The van der Waals surface area contributed by atoms with Crippen molar-refractivity contribution < 1.29 is 142 Å². The summed E-state index contributed by atoms with van der Waals surface area (Å²) < 4.78 is 78.4. The van der Waals surface area contributed by atoms with Gasteiger partial charge in [0.2, 0.25) is 11.3 Å². The Balaban J connectivity index is 0.000000213. The number of fused-ring (bicyclic) bond motifs is 15. The molecule has 27 atom stereocenters. The molecule has 2 unspecified atom stereocenters. The van der Waals surface area contributed by atoms with Crippen LogP contribution in [-0.2, 0) is 47.5 Å². The van der Waals surface area contributed by atoms with Gasteiger partial charge in [-0.25, -0.2) is 13.6 Å². The molecule has 2 saturated carbocycles. The Morgan fingerprint density at radius 2 is 1.40 bits per heavy atom. The summed E-state index contributed by atoms with van der Waals surface area (Å²) in [6.45, 7) is 18.8. The third-order valence-corrected chi connectivity index (χ3v) is 24.8. The van der Waals surface area contributed by atoms with Gasteiger partial charge in [-0.3, -0.25) is 29.0 Å². The molecule has 13 rings (SSSR count). The Kier molecular flexibility index (Phi) is 33.0. The molecule has 8 heterocycles. The average molecular weight is 1800 g/mol. The molecule has 0 radical (unpaired) electrons. The van der Waals surface area contributed by atoms with E-state index in [0.29, 0.717) is 26.2 Å². The minimum atomic E-state index is -2.04. The number of aromatic carboxylic acids is 1. The quantitative estimate of drug-likeness (QED) is 0.0179. The lowest BCUT2D eigenvalue weighted by atomic mass is 9.78. The molecule has 4 aromatic rings. The van der Waals surface area contributed by atoms with Crippen LogP contribution in [0.25, 0.3) is 21.7 Å². The van der Waals surface area contributed by atoms with E-state index in [1.54, 1.807) is 49.8 Å². The van der Waals surface area contributed by atoms with Gasteiger partial charge in [0.25, 0.3) is 11.7 Å². The number of carbonyl (C=O) groups excluding carboxylic acids is 4. The van der Waals surface area contributed by atoms with Crippen LogP contribution in [0.2, 0.25) is 0 Å². The number of rotatable bonds is 17. The maximum Gasteiger partial charge on any atom is 0.341 e. The summed E-state index contributed by atoms with van der Waals surface area (Å²) in [5.74, 6) is -12.5. The highest BCUT2D eigenvalue weighted by molar-refractivity contribution is 6.24. The number of methoxy groups -OCH3 is 1. The zero-order chi connectivity index (χ0) is 93.9. The number of aromatic nitrogens is 1. The van der Waals surface area contributed by atoms with Crippen LogP contribution in [0.5, 0.6) is 23.0 Å². The number of nitrogens with two attached hydrogens (primary N) is 5. The fraction of sp³-hybridized carbons (Fsp3) is 0.631. The zero-order valence-corrected chi connectivity index (χ0v) is 72.7. The van der Waals surface area contributed by atoms with Crippen molar-refractivity contribution in [3.8, 4) is 23.0 Å². The van der Waals surface area contributed by atoms with Gasteiger partial charge < -0.3 is 168 Å². The molecule has 5 bridgehead atoms. The number of aromatic hydroxyl groups is 3. The van der Waals surface area contributed by atoms with Crippen LogP contribution >= 0.6 is 0 Å². The monoisotopic (exact) mass is 1800 g/mol. The van der Waals surface area contributed by atoms with Crippen LogP contribution in [0.15, 0.2) is 52.2 Å². The Labute approximate surface area is 730 Å². The minimum absolute atomic E-state index is 0.0101. The van der Waals surface area contributed by atoms with Crippen LogP contribution in [-0.4, -0.2) is 335 Å². The highest BCUT2D eigenvalue weighted by atomic mass is 19.1. The number of phenolic OH excluding ortho intramolecular Hbond substituents is 3. The van der Waals surface area contributed by atoms with E-state index in [1.807, 2.05) is 20.9 Å². The van der Waals surface area contributed by atoms with E-state index in [0.717, 1.165) is 32.1 Å². The smallest absolute Gasteiger partial charge is 0.341 e. The number of carbonyl (C=O) groups is 5. The molecule has 6 fully saturated rings. The Hall–Kier alpha value is -9.01. The van der Waals surface area contributed by atoms with Crippen LogP contribution in [0.3, 0.4) is 0 Å². The van der Waals surface area contributed by atoms with Gasteiger partial charge in [0.1, 0.15) is 102 Å². The number of nitrogens with one attached hydrogen (secondary N) is 3. The van der Waals surface area contributed by atoms with Gasteiger partial charge in [0.05, 0.1) is 88.3 Å². The number of likely N-dealkylation sites (N-methyl/N-ethyl adjacent to an activating group) is 1. The Morgan fingerprint density at radius 1 is 0.772 bits per heavy atom. The number of ether oxygens (including phenoxy) is 8. The molecule has 7 aliphatic heterocycles. The number of hydrogen-bond acceptors (Lipinski definition) is 37. The molecular formula is C84H123F2N13O28. The summed E-state index contributed by atoms with van der Waals surface area (Å²) in [4.78, 5) is 80.9. The number of benzene rings is 3. The number of hydrazone groups is 1. The van der Waals surface area contributed by atoms with Crippen molar-refractivity contribution in [3.63, 3.8) is 0 Å². The van der Waals surface area contributed by atoms with E-state index in [-0.39, 0.29) is 99.7 Å². The lowest BCUT2D eigenvalue weighted by Gasteiger charge is -2.49. The van der Waals surface area contributed by atoms with Gasteiger partial charge in [0.15, 0.2) is 30.0 Å². The largest absolute Gasteiger partial charge is 0.507 e. The van der Waals surface area contributed by atoms with Crippen molar-refractivity contribution >= 4 is 74.5 Å². The number of nitrogen functional groups attached to an aromatic ring is 1. The fourth-order valence-corrected chi connectivity index (χ4v) is 17.1. The van der Waals surface area contributed by atoms with Gasteiger partial charge in [0, 0.05) is 137 Å². The number of nitrogens with zero attached hydrogens (tertiary/aromatic N) is 5. The van der Waals surface area contributed by atoms with E-state index in [9.17, 15) is 100 Å². The third kappa shape index (κ3) is 21.2. The summed E-state index contributed by atoms with van der Waals surface area (Å²) in [6.07, 6.45) is -12.4. The van der Waals surface area contributed by atoms with Gasteiger partial charge in [-0.2, -0.15) is 5.10 Å². The second-order valence-electron chi connectivity index (χ2n) is 34.3. The first-order valence-corrected chi connectivity index (χ1v) is 42.2. The second kappa shape index (κ2) is 41.8. The van der Waals surface area contributed by atoms with Gasteiger partial charge in [-0.05, 0) is 73.0 Å². The van der Waals surface area contributed by atoms with Crippen molar-refractivity contribution in [2.24, 2.45) is 51.7 Å². The molecular weight excluding hydrogens is 1680 g/mol. The van der Waals surface area contributed by atoms with Crippen LogP contribution in [0, 0.1) is 42.2 Å². The number of anilines is 3. The van der Waals surface area contributed by atoms with Crippen molar-refractivity contribution in [3.05, 3.63) is 86.4 Å². The number of amides is 2. The highest BCUT2D eigenvalue weighted by Crippen LogP contribution is 2.55. The average Bonchev–Trinajstić information content (AvgIpc) is 1.60. The van der Waals surface area contributed by atoms with Crippen molar-refractivity contribution in [1.29, 1.82) is 0 Å². The van der Waals surface area contributed by atoms with E-state index < -0.39 is 239 Å². The van der Waals surface area contributed by atoms with Crippen LogP contribution in [0.4, 0.5) is 25.8 Å². The highest BCUT2D eigenvalue weighted by Gasteiger charge is 2.55. The molecule has 27 N–H and O–H groups in total. The number of halogens is 2. The number of piperazine rings is 2. The first-order valence-electron chi connectivity index (χ1n) is 42.2. The van der Waals surface area contributed by atoms with E-state index >= 15 is 8.78 Å². The lowest BCUT2D eigenvalue weighted by molar-refractivity contribution is -0.332. The Bertz CT molecular complexity index is 4810. The molecule has 127 heavy (non-hydrogen) atoms. The second-order valence-corrected chi connectivity index (χ2v) is 34.3. The summed E-state index contributed by atoms with van der Waals surface area (Å²) in [6, 6.07) is -3.56. The summed E-state index contributed by atoms with van der Waals surface area (Å²) in [7, 11) is 3.42. The van der Waals surface area contributed by atoms with E-state index in [4.69, 9.17) is 66.6 Å². The lowest BCUT2D eigenvalue weighted by Crippen LogP contribution is -2.69. The number of ketones is 1. The maximum atomic E-state index is 15.6. The molecule has 4 saturated heterocycles. The number of carboxylic acids is 1. The first kappa shape index (κ1) is 100. The summed E-state index contributed by atoms with van der Waals surface area (Å²) >= 11 is 0. The number of hydrogen-bond donors (Lipinski definition) is 22. The molecule has 2 aliphatic carbocycles. The van der Waals surface area contributed by atoms with Crippen LogP contribution < -0.4 is 59.7 Å². The SMILES string of the molecule is CO[C@H]1/C=C/O[C@@]2(C)Oc3c(C)c(O)c4c(O)c(c(/C=N\N5CCN(C)CC5)c(O)c4c3C2=O)NC(=O)/C(C)=C\C=C\[C@@H](C)[C@H](O)[C@@H](C)[C@H](O)[C@@H](C)[C@H](OC(C)=O)[C@@H]1C.C[C@@H]1CN(c2c(F)c(N)c3c(=O)c(C(=O)O)cn(C4CC4)c3c2F)C[C@H](C)N1.NCCC(O)C(=O)N[C@@H]1C[C@H](N)C(O[C@H]2O[C@H](CN)[C@@H](O)[C@H](O)[C@H]2O)[C@H](O)[C@H]1O[C@H]1O[C@H](CO)[C@@H](O)[C@H](N)[C@H]1O. The van der Waals surface area contributed by atoms with Gasteiger partial charge in [-0.1, -0.05) is 45.9 Å². The number of allylic oxidation sites excluding steroid dienone is 2. The molecule has 706 valence electrons. The summed E-state index contributed by atoms with van der Waals surface area (Å²) in [5.41, 5.74) is 26.3. The molecule has 3 aromatic carbocycles. The molecule has 43 heteroatoms. The summed E-state index contributed by atoms with van der Waals surface area (Å²) in [5, 5.41) is 164. The number of carboxylic acid groups (broad SMARTS) is 1. The standard InChI is InChI=1S/C43H58N4O12.C22H43N5O13.C19H22F2N4O3/c1-21-12-11-13-22(2)42(55)45-33-28(20-44-47-17-15-46(9)16-18-47)37(52)30-31(38(33)53)36(51)26(6)40-32(30)41(54)43(8,59-40)57-19-14-29(56-10)23(3)39(58-27(7)48)25(5)35(50)24(4)34(21)49;23-2-1-8(29)20(36)27-7-3-6(25)18(39-22-16(34)15(33)13(31)9(4-24)37-22)17(35)19(7)40-21-14(32)11(26)12(30)10(5-28)38-21;1-8-5-24(6-9(2)23-8)17-13(20)15(22)12-16(14(17)21)25(10-3-4-10)7-11(18(12)26)19(27)28/h11-14,19-21,23-25,29,34-35,39,49-53H,15-18H2,1-10H3,(H,45,55);6-19,21-22,28-35H,1-5,23-26H2,(H,27,36);7-10,23H,3-6,22H2,1-2H3,(H,27,28)/b12-11+,19-14+,22-13-,44-20-;;/t21-,23-,24-,25-,29+,34+,35+,39-,43+;6-,7+,8?,9+,10+,11-,12+,13+,14+,15-,16+,17-,18?,19-,21+,22+;8-,9+/m10./s1. The van der Waals surface area contributed by atoms with E-state index in [2.05, 4.69) is 26.0 Å². The van der Waals surface area contributed by atoms with E-state index in [1.165, 1.54) is 64.0 Å². The zero-order valence-electron chi connectivity index (χ0n) is 72.7. The Morgan fingerprint density at radius 3 is 2.00 bits per heavy atom. The van der Waals surface area contributed by atoms with Crippen molar-refractivity contribution in [2.45, 2.75) is 241 Å². The number of aliphatic hydroxyl groups is 10. The van der Waals surface area contributed by atoms with Crippen molar-refractivity contribution in [1.82, 2.24) is 25.1 Å².